The fraction of sp³-hybridized carbons (Fsp3) is 0.360. The number of carboxylic acids is 1. The number of carbonyl (C=O) groups excluding carboxylic acids is 3. The molecule has 1 saturated heterocycles. The van der Waals surface area contributed by atoms with E-state index in [0.717, 1.165) is 16.9 Å². The molecule has 0 bridgehead atoms. The van der Waals surface area contributed by atoms with E-state index < -0.39 is 42.1 Å². The molecule has 2 aromatic rings. The molecular formula is C25H26N2O6. The number of nitrogens with one attached hydrogen (secondary N) is 1. The Morgan fingerprint density at radius 3 is 2.36 bits per heavy atom. The second-order valence-corrected chi connectivity index (χ2v) is 8.51. The van der Waals surface area contributed by atoms with Crippen LogP contribution in [0.3, 0.4) is 0 Å². The monoisotopic (exact) mass is 450 g/mol. The lowest BCUT2D eigenvalue weighted by atomic mass is 9.86. The van der Waals surface area contributed by atoms with E-state index in [0.29, 0.717) is 12.5 Å². The van der Waals surface area contributed by atoms with Crippen molar-refractivity contribution in [2.24, 2.45) is 11.8 Å². The zero-order chi connectivity index (χ0) is 23.4. The summed E-state index contributed by atoms with van der Waals surface area (Å²) in [7, 11) is 0. The molecule has 2 amide bonds. The Balaban J connectivity index is 1.54. The normalized spacial score (nSPS) is 20.4. The molecule has 1 aliphatic heterocycles. The van der Waals surface area contributed by atoms with Crippen molar-refractivity contribution in [3.63, 3.8) is 0 Å². The summed E-state index contributed by atoms with van der Waals surface area (Å²) in [6, 6.07) is 16.1. The molecule has 2 aliphatic rings. The first kappa shape index (κ1) is 22.5. The molecule has 2 fully saturated rings. The molecule has 33 heavy (non-hydrogen) atoms. The maximum absolute atomic E-state index is 13.3. The van der Waals surface area contributed by atoms with Gasteiger partial charge < -0.3 is 20.1 Å². The molecule has 2 atom stereocenters. The Kier molecular flexibility index (Phi) is 6.72. The molecule has 8 heteroatoms. The number of piperidine rings is 1. The minimum absolute atomic E-state index is 0.0243. The van der Waals surface area contributed by atoms with E-state index in [1.165, 1.54) is 17.7 Å². The lowest BCUT2D eigenvalue weighted by Gasteiger charge is -2.38. The van der Waals surface area contributed by atoms with Gasteiger partial charge in [-0.1, -0.05) is 42.5 Å². The van der Waals surface area contributed by atoms with E-state index in [-0.39, 0.29) is 13.0 Å². The van der Waals surface area contributed by atoms with E-state index >= 15 is 0 Å². The van der Waals surface area contributed by atoms with Gasteiger partial charge >= 0.3 is 5.97 Å². The molecule has 8 nitrogen and oxygen atoms in total. The standard InChI is InChI=1S/C25H26N2O6/c28-21-12-20(18-4-2-1-3-5-18)27(25(32)23(21)24(31)26-13-22(29)30)14-16-8-10-19(11-9-16)33-15-17-6-7-17/h1-5,8-11,17,20,23H,6-7,12-15H2,(H,26,31)(H,29,30)/t20-,23?/m1/s1. The van der Waals surface area contributed by atoms with Crippen LogP contribution in [0.15, 0.2) is 54.6 Å². The second kappa shape index (κ2) is 9.85. The van der Waals surface area contributed by atoms with Gasteiger partial charge in [0.1, 0.15) is 12.3 Å². The molecule has 1 saturated carbocycles. The van der Waals surface area contributed by atoms with Crippen molar-refractivity contribution < 1.29 is 29.0 Å². The first-order chi connectivity index (χ1) is 15.9. The molecule has 1 aliphatic carbocycles. The summed E-state index contributed by atoms with van der Waals surface area (Å²) in [5.74, 6) is -3.42. The zero-order valence-electron chi connectivity index (χ0n) is 18.1. The smallest absolute Gasteiger partial charge is 0.322 e. The highest BCUT2D eigenvalue weighted by Crippen LogP contribution is 2.34. The van der Waals surface area contributed by atoms with Gasteiger partial charge in [0.15, 0.2) is 11.7 Å². The number of ketones is 1. The quantitative estimate of drug-likeness (QED) is 0.567. The van der Waals surface area contributed by atoms with Gasteiger partial charge in [-0.25, -0.2) is 0 Å². The maximum Gasteiger partial charge on any atom is 0.322 e. The van der Waals surface area contributed by atoms with Crippen LogP contribution in [-0.2, 0) is 25.7 Å². The van der Waals surface area contributed by atoms with Crippen LogP contribution < -0.4 is 10.1 Å². The SMILES string of the molecule is O=C(O)CNC(=O)C1C(=O)C[C@H](c2ccccc2)N(Cc2ccc(OCC3CC3)cc2)C1=O. The average Bonchev–Trinajstić information content (AvgIpc) is 3.64. The number of hydrogen-bond acceptors (Lipinski definition) is 5. The Labute approximate surface area is 191 Å². The van der Waals surface area contributed by atoms with Gasteiger partial charge in [0.25, 0.3) is 0 Å². The predicted molar refractivity (Wildman–Crippen MR) is 118 cm³/mol. The fourth-order valence-corrected chi connectivity index (χ4v) is 3.95. The Morgan fingerprint density at radius 1 is 1.03 bits per heavy atom. The highest BCUT2D eigenvalue weighted by Gasteiger charge is 2.45. The number of carbonyl (C=O) groups is 4. The summed E-state index contributed by atoms with van der Waals surface area (Å²) >= 11 is 0. The predicted octanol–water partition coefficient (Wildman–Crippen LogP) is 2.34. The average molecular weight is 450 g/mol. The van der Waals surface area contributed by atoms with E-state index in [1.54, 1.807) is 0 Å². The molecule has 1 unspecified atom stereocenters. The van der Waals surface area contributed by atoms with Gasteiger partial charge in [0.05, 0.1) is 12.6 Å². The van der Waals surface area contributed by atoms with Crippen LogP contribution in [0, 0.1) is 11.8 Å². The zero-order valence-corrected chi connectivity index (χ0v) is 18.1. The van der Waals surface area contributed by atoms with Gasteiger partial charge in [-0.15, -0.1) is 0 Å². The van der Waals surface area contributed by atoms with Crippen molar-refractivity contribution >= 4 is 23.6 Å². The van der Waals surface area contributed by atoms with Crippen molar-refractivity contribution in [2.45, 2.75) is 31.8 Å². The Bertz CT molecular complexity index is 1030. The molecule has 0 radical (unpaired) electrons. The van der Waals surface area contributed by atoms with Crippen LogP contribution in [-0.4, -0.2) is 46.7 Å². The number of carboxylic acid groups (broad SMARTS) is 1. The van der Waals surface area contributed by atoms with Gasteiger partial charge in [-0.3, -0.25) is 19.2 Å². The lowest BCUT2D eigenvalue weighted by molar-refractivity contribution is -0.155. The molecule has 2 N–H and O–H groups in total. The molecule has 1 heterocycles. The minimum atomic E-state index is -1.55. The largest absolute Gasteiger partial charge is 0.493 e. The number of hydrogen-bond donors (Lipinski definition) is 2. The number of benzene rings is 2. The van der Waals surface area contributed by atoms with Gasteiger partial charge in [0.2, 0.25) is 11.8 Å². The van der Waals surface area contributed by atoms with Crippen LogP contribution in [0.25, 0.3) is 0 Å². The second-order valence-electron chi connectivity index (χ2n) is 8.51. The maximum atomic E-state index is 13.3. The number of nitrogens with zero attached hydrogens (tertiary/aromatic N) is 1. The number of aliphatic carboxylic acids is 1. The number of rotatable bonds is 9. The first-order valence-electron chi connectivity index (χ1n) is 11.0. The van der Waals surface area contributed by atoms with E-state index in [9.17, 15) is 19.2 Å². The summed E-state index contributed by atoms with van der Waals surface area (Å²) in [5.41, 5.74) is 1.63. The molecule has 172 valence electrons. The van der Waals surface area contributed by atoms with Crippen molar-refractivity contribution in [1.82, 2.24) is 10.2 Å². The lowest BCUT2D eigenvalue weighted by Crippen LogP contribution is -2.53. The van der Waals surface area contributed by atoms with Gasteiger partial charge in [0, 0.05) is 13.0 Å². The summed E-state index contributed by atoms with van der Waals surface area (Å²) in [6.07, 6.45) is 2.38. The molecule has 4 rings (SSSR count). The van der Waals surface area contributed by atoms with E-state index in [1.807, 2.05) is 54.6 Å². The van der Waals surface area contributed by atoms with E-state index in [2.05, 4.69) is 5.32 Å². The van der Waals surface area contributed by atoms with E-state index in [4.69, 9.17) is 9.84 Å². The summed E-state index contributed by atoms with van der Waals surface area (Å²) in [4.78, 5) is 50.9. The summed E-state index contributed by atoms with van der Waals surface area (Å²) in [6.45, 7) is 0.257. The van der Waals surface area contributed by atoms with Crippen LogP contribution in [0.4, 0.5) is 0 Å². The molecule has 0 aromatic heterocycles. The van der Waals surface area contributed by atoms with Gasteiger partial charge in [-0.05, 0) is 42.0 Å². The minimum Gasteiger partial charge on any atom is -0.493 e. The number of amides is 2. The number of likely N-dealkylation sites (tertiary alicyclic amines) is 1. The van der Waals surface area contributed by atoms with Crippen LogP contribution in [0.5, 0.6) is 5.75 Å². The van der Waals surface area contributed by atoms with Crippen molar-refractivity contribution in [3.8, 4) is 5.75 Å². The van der Waals surface area contributed by atoms with Crippen LogP contribution in [0.1, 0.15) is 36.4 Å². The molecule has 0 spiro atoms. The van der Waals surface area contributed by atoms with Crippen molar-refractivity contribution in [1.29, 1.82) is 0 Å². The first-order valence-corrected chi connectivity index (χ1v) is 11.0. The highest BCUT2D eigenvalue weighted by molar-refractivity contribution is 6.19. The van der Waals surface area contributed by atoms with Crippen LogP contribution >= 0.6 is 0 Å². The van der Waals surface area contributed by atoms with Crippen molar-refractivity contribution in [3.05, 3.63) is 65.7 Å². The third-order valence-corrected chi connectivity index (χ3v) is 5.94. The summed E-state index contributed by atoms with van der Waals surface area (Å²) in [5, 5.41) is 11.0. The third kappa shape index (κ3) is 5.58. The summed E-state index contributed by atoms with van der Waals surface area (Å²) < 4.78 is 5.77. The topological polar surface area (TPSA) is 113 Å². The number of Topliss-reactive ketones (excluding diaryl/α,β-unsaturated/α-hetero) is 1. The van der Waals surface area contributed by atoms with Crippen LogP contribution in [0.2, 0.25) is 0 Å². The van der Waals surface area contributed by atoms with Gasteiger partial charge in [-0.2, -0.15) is 0 Å². The fourth-order valence-electron chi connectivity index (χ4n) is 3.95. The Hall–Kier alpha value is -3.68. The highest BCUT2D eigenvalue weighted by atomic mass is 16.5. The molecule has 2 aromatic carbocycles. The molecular weight excluding hydrogens is 424 g/mol. The van der Waals surface area contributed by atoms with Crippen molar-refractivity contribution in [2.75, 3.05) is 13.2 Å². The Morgan fingerprint density at radius 2 is 1.73 bits per heavy atom. The number of ether oxygens (including phenoxy) is 1. The third-order valence-electron chi connectivity index (χ3n) is 5.94.